The second-order valence-electron chi connectivity index (χ2n) is 3.95. The van der Waals surface area contributed by atoms with Gasteiger partial charge in [-0.1, -0.05) is 23.9 Å². The zero-order valence-electron chi connectivity index (χ0n) is 10.5. The molecule has 0 spiro atoms. The summed E-state index contributed by atoms with van der Waals surface area (Å²) in [5.74, 6) is -1.11. The SMILES string of the molecule is N#Cc1ccc([N+](=O)[O-])c(Sc2ccccc2C(=O)O)c1. The van der Waals surface area contributed by atoms with E-state index in [1.165, 1.54) is 24.3 Å². The quantitative estimate of drug-likeness (QED) is 0.686. The lowest BCUT2D eigenvalue weighted by Gasteiger charge is -2.06. The van der Waals surface area contributed by atoms with Gasteiger partial charge in [0.05, 0.1) is 27.0 Å². The van der Waals surface area contributed by atoms with E-state index in [0.717, 1.165) is 11.8 Å². The lowest BCUT2D eigenvalue weighted by atomic mass is 10.2. The third-order valence-corrected chi connectivity index (χ3v) is 3.75. The number of benzene rings is 2. The Morgan fingerprint density at radius 2 is 1.95 bits per heavy atom. The summed E-state index contributed by atoms with van der Waals surface area (Å²) in [5.41, 5.74) is 0.161. The molecule has 0 amide bonds. The van der Waals surface area contributed by atoms with Crippen LogP contribution in [0.4, 0.5) is 5.69 Å². The maximum Gasteiger partial charge on any atom is 0.336 e. The first-order chi connectivity index (χ1) is 10.0. The topological polar surface area (TPSA) is 104 Å². The highest BCUT2D eigenvalue weighted by atomic mass is 32.2. The summed E-state index contributed by atoms with van der Waals surface area (Å²) in [6.45, 7) is 0. The summed E-state index contributed by atoms with van der Waals surface area (Å²) >= 11 is 0.953. The second kappa shape index (κ2) is 6.07. The Morgan fingerprint density at radius 1 is 1.24 bits per heavy atom. The molecule has 0 aliphatic carbocycles. The zero-order valence-corrected chi connectivity index (χ0v) is 11.3. The van der Waals surface area contributed by atoms with E-state index in [9.17, 15) is 14.9 Å². The van der Waals surface area contributed by atoms with Gasteiger partial charge in [0.15, 0.2) is 0 Å². The third kappa shape index (κ3) is 3.19. The monoisotopic (exact) mass is 300 g/mol. The first-order valence-corrected chi connectivity index (χ1v) is 6.53. The minimum absolute atomic E-state index is 0.0548. The Bertz CT molecular complexity index is 768. The van der Waals surface area contributed by atoms with Gasteiger partial charge in [-0.3, -0.25) is 10.1 Å². The molecule has 0 heterocycles. The highest BCUT2D eigenvalue weighted by molar-refractivity contribution is 7.99. The van der Waals surface area contributed by atoms with Crippen LogP contribution in [-0.2, 0) is 0 Å². The molecule has 0 radical (unpaired) electrons. The number of nitro benzene ring substituents is 1. The van der Waals surface area contributed by atoms with Crippen molar-refractivity contribution in [3.63, 3.8) is 0 Å². The van der Waals surface area contributed by atoms with Crippen molar-refractivity contribution in [3.8, 4) is 6.07 Å². The molecule has 0 aliphatic heterocycles. The molecule has 2 rings (SSSR count). The normalized spacial score (nSPS) is 9.86. The molecule has 2 aromatic carbocycles. The van der Waals surface area contributed by atoms with Crippen molar-refractivity contribution in [3.05, 3.63) is 63.7 Å². The van der Waals surface area contributed by atoms with Crippen molar-refractivity contribution in [2.75, 3.05) is 0 Å². The smallest absolute Gasteiger partial charge is 0.336 e. The molecule has 1 N–H and O–H groups in total. The molecule has 0 fully saturated rings. The van der Waals surface area contributed by atoms with Crippen molar-refractivity contribution in [1.82, 2.24) is 0 Å². The Morgan fingerprint density at radius 3 is 2.57 bits per heavy atom. The van der Waals surface area contributed by atoms with Gasteiger partial charge in [0, 0.05) is 11.0 Å². The fourth-order valence-electron chi connectivity index (χ4n) is 1.67. The summed E-state index contributed by atoms with van der Waals surface area (Å²) in [4.78, 5) is 22.2. The molecule has 0 saturated carbocycles. The van der Waals surface area contributed by atoms with Crippen molar-refractivity contribution >= 4 is 23.4 Å². The summed E-state index contributed by atoms with van der Waals surface area (Å²) < 4.78 is 0. The van der Waals surface area contributed by atoms with E-state index in [0.29, 0.717) is 4.90 Å². The molecule has 0 aromatic heterocycles. The van der Waals surface area contributed by atoms with Gasteiger partial charge in [0.1, 0.15) is 0 Å². The van der Waals surface area contributed by atoms with E-state index >= 15 is 0 Å². The number of nitriles is 1. The number of hydrogen-bond donors (Lipinski definition) is 1. The average molecular weight is 300 g/mol. The number of nitro groups is 1. The van der Waals surface area contributed by atoms with Crippen LogP contribution < -0.4 is 0 Å². The predicted molar refractivity (Wildman–Crippen MR) is 75.3 cm³/mol. The van der Waals surface area contributed by atoms with Gasteiger partial charge < -0.3 is 5.11 Å². The first-order valence-electron chi connectivity index (χ1n) is 5.71. The molecule has 0 unspecified atom stereocenters. The Hall–Kier alpha value is -2.85. The van der Waals surface area contributed by atoms with Gasteiger partial charge >= 0.3 is 5.97 Å². The maximum atomic E-state index is 11.2. The lowest BCUT2D eigenvalue weighted by Crippen LogP contribution is -1.98. The van der Waals surface area contributed by atoms with E-state index in [1.54, 1.807) is 18.2 Å². The fourth-order valence-corrected chi connectivity index (χ4v) is 2.75. The zero-order chi connectivity index (χ0) is 15.4. The number of hydrogen-bond acceptors (Lipinski definition) is 5. The molecular formula is C14H8N2O4S. The molecule has 0 saturated heterocycles. The highest BCUT2D eigenvalue weighted by Crippen LogP contribution is 2.37. The fraction of sp³-hybridized carbons (Fsp3) is 0. The minimum Gasteiger partial charge on any atom is -0.478 e. The number of rotatable bonds is 4. The Kier molecular flexibility index (Phi) is 4.21. The molecular weight excluding hydrogens is 292 g/mol. The lowest BCUT2D eigenvalue weighted by molar-refractivity contribution is -0.387. The van der Waals surface area contributed by atoms with Crippen LogP contribution in [0.2, 0.25) is 0 Å². The van der Waals surface area contributed by atoms with Gasteiger partial charge in [0.2, 0.25) is 0 Å². The summed E-state index contributed by atoms with van der Waals surface area (Å²) in [5, 5.41) is 29.0. The maximum absolute atomic E-state index is 11.2. The summed E-state index contributed by atoms with van der Waals surface area (Å²) in [7, 11) is 0. The van der Waals surface area contributed by atoms with Crippen LogP contribution >= 0.6 is 11.8 Å². The number of carboxylic acids is 1. The second-order valence-corrected chi connectivity index (χ2v) is 5.04. The van der Waals surface area contributed by atoms with Crippen LogP contribution in [0.3, 0.4) is 0 Å². The Balaban J connectivity index is 2.51. The van der Waals surface area contributed by atoms with Crippen LogP contribution in [0.5, 0.6) is 0 Å². The Labute approximate surface area is 123 Å². The van der Waals surface area contributed by atoms with Crippen LogP contribution in [0.25, 0.3) is 0 Å². The van der Waals surface area contributed by atoms with Gasteiger partial charge in [-0.2, -0.15) is 5.26 Å². The molecule has 0 aliphatic rings. The summed E-state index contributed by atoms with van der Waals surface area (Å²) in [6.07, 6.45) is 0. The van der Waals surface area contributed by atoms with Crippen molar-refractivity contribution in [2.24, 2.45) is 0 Å². The molecule has 21 heavy (non-hydrogen) atoms. The van der Waals surface area contributed by atoms with Crippen molar-refractivity contribution < 1.29 is 14.8 Å². The van der Waals surface area contributed by atoms with Crippen LogP contribution in [0.15, 0.2) is 52.3 Å². The van der Waals surface area contributed by atoms with Gasteiger partial charge in [0.25, 0.3) is 5.69 Å². The van der Waals surface area contributed by atoms with Gasteiger partial charge in [-0.05, 0) is 24.3 Å². The molecule has 104 valence electrons. The third-order valence-electron chi connectivity index (χ3n) is 2.62. The van der Waals surface area contributed by atoms with E-state index in [2.05, 4.69) is 0 Å². The number of nitrogens with zero attached hydrogens (tertiary/aromatic N) is 2. The average Bonchev–Trinajstić information content (AvgIpc) is 2.47. The molecule has 6 nitrogen and oxygen atoms in total. The highest BCUT2D eigenvalue weighted by Gasteiger charge is 2.18. The van der Waals surface area contributed by atoms with Crippen molar-refractivity contribution in [1.29, 1.82) is 5.26 Å². The van der Waals surface area contributed by atoms with Crippen molar-refractivity contribution in [2.45, 2.75) is 9.79 Å². The minimum atomic E-state index is -1.11. The van der Waals surface area contributed by atoms with E-state index in [1.807, 2.05) is 6.07 Å². The number of aromatic carboxylic acids is 1. The summed E-state index contributed by atoms with van der Waals surface area (Å²) in [6, 6.07) is 12.1. The standard InChI is InChI=1S/C14H8N2O4S/c15-8-9-5-6-11(16(19)20)13(7-9)21-12-4-2-1-3-10(12)14(17)18/h1-7H,(H,17,18). The largest absolute Gasteiger partial charge is 0.478 e. The first kappa shape index (κ1) is 14.6. The van der Waals surface area contributed by atoms with Crippen LogP contribution in [-0.4, -0.2) is 16.0 Å². The number of carboxylic acid groups (broad SMARTS) is 1. The predicted octanol–water partition coefficient (Wildman–Crippen LogP) is 3.32. The van der Waals surface area contributed by atoms with Gasteiger partial charge in [-0.15, -0.1) is 0 Å². The van der Waals surface area contributed by atoms with E-state index in [-0.39, 0.29) is 21.7 Å². The van der Waals surface area contributed by atoms with E-state index in [4.69, 9.17) is 10.4 Å². The molecule has 2 aromatic rings. The van der Waals surface area contributed by atoms with Crippen LogP contribution in [0.1, 0.15) is 15.9 Å². The van der Waals surface area contributed by atoms with E-state index < -0.39 is 10.9 Å². The van der Waals surface area contributed by atoms with Crippen LogP contribution in [0, 0.1) is 21.4 Å². The number of carbonyl (C=O) groups is 1. The molecule has 0 atom stereocenters. The van der Waals surface area contributed by atoms with Gasteiger partial charge in [-0.25, -0.2) is 4.79 Å². The molecule has 0 bridgehead atoms. The molecule has 7 heteroatoms.